The normalized spacial score (nSPS) is 1.75. The molecule has 0 bridgehead atoms. The third kappa shape index (κ3) is 50.3. The van der Waals surface area contributed by atoms with E-state index in [0.29, 0.717) is 0 Å². The molecular weight excluding hydrogens is 454 g/mol. The van der Waals surface area contributed by atoms with Crippen LogP contribution in [0.1, 0.15) is 0 Å². The second-order valence-corrected chi connectivity index (χ2v) is 0. The van der Waals surface area contributed by atoms with Gasteiger partial charge in [-0.15, -0.1) is 0 Å². The molecule has 1 radical (unpaired) electrons. The Labute approximate surface area is 122 Å². The monoisotopic (exact) mass is 460 g/mol. The van der Waals surface area contributed by atoms with Gasteiger partial charge in [0.1, 0.15) is 0 Å². The summed E-state index contributed by atoms with van der Waals surface area (Å²) >= 11 is 8.35. The Morgan fingerprint density at radius 1 is 1.00 bits per heavy atom. The van der Waals surface area contributed by atoms with Gasteiger partial charge in [0.05, 0.1) is 0 Å². The Kier molecular flexibility index (Phi) is 343. The van der Waals surface area contributed by atoms with Gasteiger partial charge < -0.3 is 0 Å². The van der Waals surface area contributed by atoms with Crippen molar-refractivity contribution in [2.45, 2.75) is 0 Å². The van der Waals surface area contributed by atoms with Crippen LogP contribution >= 0.6 is 0 Å². The number of hydrogen-bond donors (Lipinski definition) is 0. The van der Waals surface area contributed by atoms with E-state index in [1.807, 2.05) is 0 Å². The molecule has 0 aliphatic carbocycles. The van der Waals surface area contributed by atoms with Gasteiger partial charge in [0.25, 0.3) is 0 Å². The van der Waals surface area contributed by atoms with Gasteiger partial charge in [-0.2, -0.15) is 0 Å². The fraction of sp³-hybridized carbons (Fsp3) is 0. The Morgan fingerprint density at radius 2 is 1.00 bits per heavy atom. The summed E-state index contributed by atoms with van der Waals surface area (Å²) < 4.78 is 0. The third-order valence-electron chi connectivity index (χ3n) is 0. The molecule has 0 heterocycles. The fourth-order valence-electron chi connectivity index (χ4n) is 0. The Morgan fingerprint density at radius 3 is 1.00 bits per heavy atom. The van der Waals surface area contributed by atoms with Crippen molar-refractivity contribution in [3.05, 3.63) is 0 Å². The molecule has 0 nitrogen and oxygen atoms in total. The van der Waals surface area contributed by atoms with E-state index in [4.69, 9.17) is 0 Å². The van der Waals surface area contributed by atoms with Crippen LogP contribution < -0.4 is 0 Å². The van der Waals surface area contributed by atoms with Crippen molar-refractivity contribution in [1.82, 2.24) is 0 Å². The zero-order chi connectivity index (χ0) is 4.00. The molecule has 0 aromatic carbocycles. The van der Waals surface area contributed by atoms with E-state index in [1.165, 1.54) is 0 Å². The quantitative estimate of drug-likeness (QED) is 0.401. The van der Waals surface area contributed by atoms with Crippen LogP contribution in [0.3, 0.4) is 0 Å². The van der Waals surface area contributed by atoms with E-state index >= 15 is 0 Å². The van der Waals surface area contributed by atoms with Crippen LogP contribution in [-0.2, 0) is 115 Å². The average molecular weight is 457 g/mol. The summed E-state index contributed by atoms with van der Waals surface area (Å²) in [5.74, 6) is 0. The fourth-order valence-corrected chi connectivity index (χ4v) is 0. The first-order chi connectivity index (χ1) is 2.00. The van der Waals surface area contributed by atoms with Gasteiger partial charge in [-0.25, -0.2) is 0 Å². The van der Waals surface area contributed by atoms with Crippen molar-refractivity contribution in [2.24, 2.45) is 0 Å². The van der Waals surface area contributed by atoms with Gasteiger partial charge in [0.15, 0.2) is 0 Å². The predicted molar refractivity (Wildman–Crippen MR) is 9.94 cm³/mol. The molecular formula is H3CrFe4MnMoSi. The topological polar surface area (TPSA) is 0 Å². The van der Waals surface area contributed by atoms with Gasteiger partial charge in [0.2, 0.25) is 0 Å². The van der Waals surface area contributed by atoms with Crippen molar-refractivity contribution < 1.29 is 115 Å². The molecule has 0 aromatic rings. The van der Waals surface area contributed by atoms with E-state index in [2.05, 4.69) is 28.7 Å². The molecule has 0 aliphatic rings. The van der Waals surface area contributed by atoms with E-state index in [-0.39, 0.29) is 68.6 Å². The first-order valence-electron chi connectivity index (χ1n) is 0.498. The van der Waals surface area contributed by atoms with Gasteiger partial charge in [-0.05, 0) is 0 Å². The van der Waals surface area contributed by atoms with Crippen molar-refractivity contribution in [1.29, 1.82) is 0 Å². The first kappa shape index (κ1) is 40.2. The summed E-state index contributed by atoms with van der Waals surface area (Å²) in [4.78, 5) is 0. The molecule has 0 aliphatic heterocycles. The summed E-state index contributed by atoms with van der Waals surface area (Å²) in [6.07, 6.45) is 0. The number of rotatable bonds is 0. The molecule has 0 atom stereocenters. The molecule has 0 saturated heterocycles. The van der Waals surface area contributed by atoms with Crippen LogP contribution in [0.25, 0.3) is 0 Å². The van der Waals surface area contributed by atoms with Crippen LogP contribution in [0.5, 0.6) is 0 Å². The van der Waals surface area contributed by atoms with Crippen LogP contribution in [0.15, 0.2) is 0 Å². The van der Waals surface area contributed by atoms with E-state index < -0.39 is 0 Å². The summed E-state index contributed by atoms with van der Waals surface area (Å²) in [5.41, 5.74) is 0. The standard InChI is InChI=1S/Cr.4Fe.Mn.Mo.H3Si/h;;;;;;;1H3. The van der Waals surface area contributed by atoms with Gasteiger partial charge in [-0.1, -0.05) is 0 Å². The molecule has 0 saturated carbocycles. The van der Waals surface area contributed by atoms with Gasteiger partial charge in [-0.3, -0.25) is 0 Å². The molecule has 0 unspecified atom stereocenters. The molecule has 58 valence electrons. The summed E-state index contributed by atoms with van der Waals surface area (Å²) in [6, 6.07) is 0. The molecule has 0 fully saturated rings. The second kappa shape index (κ2) is 68.3. The zero-order valence-corrected chi connectivity index (χ0v) is 14.5. The molecule has 0 spiro atoms. The van der Waals surface area contributed by atoms with Crippen molar-refractivity contribution in [2.75, 3.05) is 0 Å². The van der Waals surface area contributed by atoms with Crippen LogP contribution in [0, 0.1) is 0 Å². The first-order valence-corrected chi connectivity index (χ1v) is 7.89. The van der Waals surface area contributed by atoms with Crippen LogP contribution in [0.4, 0.5) is 0 Å². The Bertz CT molecular complexity index is 16.0. The molecule has 0 N–H and O–H groups in total. The van der Waals surface area contributed by atoms with Crippen LogP contribution in [-0.4, -0.2) is 8.85 Å². The Balaban J connectivity index is -0.00000000167. The summed E-state index contributed by atoms with van der Waals surface area (Å²) in [5, 5.41) is 0. The minimum absolute atomic E-state index is 0. The molecule has 0 rings (SSSR count). The Hall–Kier alpha value is 4.04. The zero-order valence-electron chi connectivity index (χ0n) is 3.61. The predicted octanol–water partition coefficient (Wildman–Crippen LogP) is -1.20. The van der Waals surface area contributed by atoms with Crippen molar-refractivity contribution >= 4 is 8.85 Å². The molecule has 0 amide bonds. The summed E-state index contributed by atoms with van der Waals surface area (Å²) in [7, 11) is 1.06. The van der Waals surface area contributed by atoms with E-state index in [9.17, 15) is 0 Å². The second-order valence-electron chi connectivity index (χ2n) is 0. The number of hydrogen-bond acceptors (Lipinski definition) is 0. The molecule has 8 heavy (non-hydrogen) atoms. The molecule has 8 heteroatoms. The maximum atomic E-state index is 3.39. The van der Waals surface area contributed by atoms with Crippen LogP contribution in [0.2, 0.25) is 0 Å². The maximum absolute atomic E-state index is 3.39. The minimum atomic E-state index is 0. The average Bonchev–Trinajstić information content (AvgIpc) is 1.50. The summed E-state index contributed by atoms with van der Waals surface area (Å²) in [6.45, 7) is 0. The van der Waals surface area contributed by atoms with E-state index in [1.54, 1.807) is 17.7 Å². The van der Waals surface area contributed by atoms with Gasteiger partial charge >= 0.3 is 55.3 Å². The van der Waals surface area contributed by atoms with Crippen molar-refractivity contribution in [3.8, 4) is 0 Å². The van der Waals surface area contributed by atoms with Crippen molar-refractivity contribution in [3.63, 3.8) is 0 Å². The SMILES string of the molecule is [Cr].[Fe].[Fe].[Fe][Mo].[Mn].[SiH3][Fe]. The molecule has 0 aromatic heterocycles. The van der Waals surface area contributed by atoms with Gasteiger partial charge in [0, 0.05) is 68.6 Å². The third-order valence-corrected chi connectivity index (χ3v) is 0. The van der Waals surface area contributed by atoms with E-state index in [0.717, 1.165) is 8.85 Å².